The Morgan fingerprint density at radius 1 is 1.00 bits per heavy atom. The van der Waals surface area contributed by atoms with E-state index in [4.69, 9.17) is 0 Å². The van der Waals surface area contributed by atoms with Gasteiger partial charge in [-0.05, 0) is 43.2 Å². The Hall–Kier alpha value is -2.96. The average Bonchev–Trinajstić information content (AvgIpc) is 2.67. The number of piperazine rings is 1. The van der Waals surface area contributed by atoms with Crippen molar-refractivity contribution in [1.29, 1.82) is 0 Å². The summed E-state index contributed by atoms with van der Waals surface area (Å²) in [6.45, 7) is 6.62. The molecule has 0 aromatic heterocycles. The van der Waals surface area contributed by atoms with Crippen molar-refractivity contribution in [2.45, 2.75) is 20.3 Å². The molecule has 1 aliphatic rings. The number of aryl methyl sites for hydroxylation is 1. The van der Waals surface area contributed by atoms with Crippen LogP contribution in [0.15, 0.2) is 36.4 Å². The fraction of sp³-hybridized carbons (Fsp3) is 0.333. The molecule has 0 aliphatic carbocycles. The predicted octanol–water partition coefficient (Wildman–Crippen LogP) is 3.26. The van der Waals surface area contributed by atoms with Crippen LogP contribution in [0.2, 0.25) is 0 Å². The number of hydrogen-bond acceptors (Lipinski definition) is 3. The highest BCUT2D eigenvalue weighted by Gasteiger charge is 2.24. The zero-order valence-corrected chi connectivity index (χ0v) is 16.0. The van der Waals surface area contributed by atoms with Crippen LogP contribution in [0.25, 0.3) is 0 Å². The van der Waals surface area contributed by atoms with E-state index in [-0.39, 0.29) is 18.0 Å². The summed E-state index contributed by atoms with van der Waals surface area (Å²) in [7, 11) is 0. The quantitative estimate of drug-likeness (QED) is 0.820. The third-order valence-electron chi connectivity index (χ3n) is 5.06. The van der Waals surface area contributed by atoms with Gasteiger partial charge in [-0.15, -0.1) is 0 Å². The third-order valence-corrected chi connectivity index (χ3v) is 5.06. The molecule has 0 atom stereocenters. The topological polar surface area (TPSA) is 52.7 Å². The molecule has 0 spiro atoms. The minimum Gasteiger partial charge on any atom is -0.368 e. The molecule has 1 aliphatic heterocycles. The molecule has 148 valence electrons. The third kappa shape index (κ3) is 4.47. The van der Waals surface area contributed by atoms with Crippen molar-refractivity contribution in [3.8, 4) is 0 Å². The van der Waals surface area contributed by atoms with Crippen LogP contribution < -0.4 is 10.2 Å². The van der Waals surface area contributed by atoms with Crippen LogP contribution in [-0.4, -0.2) is 42.9 Å². The molecule has 2 aromatic rings. The molecule has 7 heteroatoms. The number of rotatable bonds is 4. The minimum atomic E-state index is -1.05. The second kappa shape index (κ2) is 8.37. The Balaban J connectivity index is 1.52. The number of anilines is 2. The lowest BCUT2D eigenvalue weighted by atomic mass is 10.1. The molecule has 0 saturated carbocycles. The van der Waals surface area contributed by atoms with Gasteiger partial charge in [0.15, 0.2) is 11.6 Å². The first kappa shape index (κ1) is 19.8. The maximum Gasteiger partial charge on any atom is 0.233 e. The average molecular weight is 387 g/mol. The molecule has 0 radical (unpaired) electrons. The van der Waals surface area contributed by atoms with Crippen molar-refractivity contribution >= 4 is 23.2 Å². The lowest BCUT2D eigenvalue weighted by Gasteiger charge is -2.37. The zero-order valence-electron chi connectivity index (χ0n) is 16.0. The first-order valence-electron chi connectivity index (χ1n) is 9.19. The highest BCUT2D eigenvalue weighted by Crippen LogP contribution is 2.24. The van der Waals surface area contributed by atoms with Gasteiger partial charge in [-0.1, -0.05) is 12.1 Å². The SMILES string of the molecule is Cc1cccc(N2CCN(C(=O)CC(=O)Nc3ccc(F)c(F)c3)CC2)c1C. The fourth-order valence-corrected chi connectivity index (χ4v) is 3.30. The van der Waals surface area contributed by atoms with E-state index < -0.39 is 17.5 Å². The van der Waals surface area contributed by atoms with Gasteiger partial charge in [0.1, 0.15) is 6.42 Å². The molecule has 1 heterocycles. The second-order valence-corrected chi connectivity index (χ2v) is 6.94. The molecule has 0 bridgehead atoms. The first-order valence-corrected chi connectivity index (χ1v) is 9.19. The molecule has 1 saturated heterocycles. The van der Waals surface area contributed by atoms with Crippen molar-refractivity contribution in [2.24, 2.45) is 0 Å². The van der Waals surface area contributed by atoms with Crippen LogP contribution in [0.4, 0.5) is 20.2 Å². The molecule has 2 amide bonds. The molecule has 1 N–H and O–H groups in total. The monoisotopic (exact) mass is 387 g/mol. The Morgan fingerprint density at radius 3 is 2.39 bits per heavy atom. The Morgan fingerprint density at radius 2 is 1.71 bits per heavy atom. The van der Waals surface area contributed by atoms with E-state index >= 15 is 0 Å². The van der Waals surface area contributed by atoms with Gasteiger partial charge < -0.3 is 15.1 Å². The normalized spacial score (nSPS) is 14.1. The molecule has 2 aromatic carbocycles. The van der Waals surface area contributed by atoms with Crippen molar-refractivity contribution < 1.29 is 18.4 Å². The van der Waals surface area contributed by atoms with Gasteiger partial charge in [-0.25, -0.2) is 8.78 Å². The maximum atomic E-state index is 13.2. The molecule has 0 unspecified atom stereocenters. The number of nitrogens with one attached hydrogen (secondary N) is 1. The van der Waals surface area contributed by atoms with Gasteiger partial charge in [-0.2, -0.15) is 0 Å². The van der Waals surface area contributed by atoms with Gasteiger partial charge >= 0.3 is 0 Å². The molecule has 28 heavy (non-hydrogen) atoms. The van der Waals surface area contributed by atoms with Gasteiger partial charge in [0, 0.05) is 43.6 Å². The van der Waals surface area contributed by atoms with E-state index in [0.717, 1.165) is 12.1 Å². The van der Waals surface area contributed by atoms with Crippen LogP contribution in [0, 0.1) is 25.5 Å². The second-order valence-electron chi connectivity index (χ2n) is 6.94. The van der Waals surface area contributed by atoms with Crippen molar-refractivity contribution in [3.05, 3.63) is 59.2 Å². The molecular weight excluding hydrogens is 364 g/mol. The molecule has 5 nitrogen and oxygen atoms in total. The van der Waals surface area contributed by atoms with Gasteiger partial charge in [0.2, 0.25) is 11.8 Å². The fourth-order valence-electron chi connectivity index (χ4n) is 3.30. The van der Waals surface area contributed by atoms with Gasteiger partial charge in [0.25, 0.3) is 0 Å². The lowest BCUT2D eigenvalue weighted by Crippen LogP contribution is -2.49. The van der Waals surface area contributed by atoms with Crippen molar-refractivity contribution in [2.75, 3.05) is 36.4 Å². The Labute approximate surface area is 162 Å². The van der Waals surface area contributed by atoms with Crippen molar-refractivity contribution in [3.63, 3.8) is 0 Å². The summed E-state index contributed by atoms with van der Waals surface area (Å²) in [5.74, 6) is -2.86. The van der Waals surface area contributed by atoms with E-state index in [1.807, 2.05) is 6.07 Å². The number of halogens is 2. The lowest BCUT2D eigenvalue weighted by molar-refractivity contribution is -0.134. The van der Waals surface area contributed by atoms with Gasteiger partial charge in [0.05, 0.1) is 0 Å². The zero-order chi connectivity index (χ0) is 20.3. The van der Waals surface area contributed by atoms with E-state index in [9.17, 15) is 18.4 Å². The van der Waals surface area contributed by atoms with E-state index in [1.54, 1.807) is 4.90 Å². The Kier molecular flexibility index (Phi) is 5.92. The largest absolute Gasteiger partial charge is 0.368 e. The summed E-state index contributed by atoms with van der Waals surface area (Å²) < 4.78 is 26.1. The van der Waals surface area contributed by atoms with Gasteiger partial charge in [-0.3, -0.25) is 9.59 Å². The van der Waals surface area contributed by atoms with Crippen LogP contribution >= 0.6 is 0 Å². The number of hydrogen-bond donors (Lipinski definition) is 1. The summed E-state index contributed by atoms with van der Waals surface area (Å²) in [6, 6.07) is 9.25. The molecular formula is C21H23F2N3O2. The number of benzene rings is 2. The molecule has 1 fully saturated rings. The highest BCUT2D eigenvalue weighted by atomic mass is 19.2. The number of carbonyl (C=O) groups excluding carboxylic acids is 2. The summed E-state index contributed by atoms with van der Waals surface area (Å²) in [4.78, 5) is 28.3. The number of nitrogens with zero attached hydrogens (tertiary/aromatic N) is 2. The van der Waals surface area contributed by atoms with Crippen LogP contribution in [0.1, 0.15) is 17.5 Å². The van der Waals surface area contributed by atoms with Crippen LogP contribution in [0.5, 0.6) is 0 Å². The summed E-state index contributed by atoms with van der Waals surface area (Å²) in [5, 5.41) is 2.42. The van der Waals surface area contributed by atoms with Crippen molar-refractivity contribution in [1.82, 2.24) is 4.90 Å². The predicted molar refractivity (Wildman–Crippen MR) is 104 cm³/mol. The summed E-state index contributed by atoms with van der Waals surface area (Å²) in [5.41, 5.74) is 3.75. The van der Waals surface area contributed by atoms with E-state index in [1.165, 1.54) is 22.9 Å². The van der Waals surface area contributed by atoms with Crippen LogP contribution in [0.3, 0.4) is 0 Å². The molecule has 3 rings (SSSR count). The minimum absolute atomic E-state index is 0.122. The van der Waals surface area contributed by atoms with Crippen LogP contribution in [-0.2, 0) is 9.59 Å². The Bertz CT molecular complexity index is 893. The first-order chi connectivity index (χ1) is 13.3. The van der Waals surface area contributed by atoms with E-state index in [2.05, 4.69) is 36.2 Å². The smallest absolute Gasteiger partial charge is 0.233 e. The standard InChI is InChI=1S/C21H23F2N3O2/c1-14-4-3-5-19(15(14)2)25-8-10-26(11-9-25)21(28)13-20(27)24-16-6-7-17(22)18(23)12-16/h3-7,12H,8-11,13H2,1-2H3,(H,24,27). The van der Waals surface area contributed by atoms with E-state index in [0.29, 0.717) is 26.2 Å². The number of carbonyl (C=O) groups is 2. The summed E-state index contributed by atoms with van der Waals surface area (Å²) >= 11 is 0. The summed E-state index contributed by atoms with van der Waals surface area (Å²) in [6.07, 6.45) is -0.331. The number of amides is 2. The highest BCUT2D eigenvalue weighted by molar-refractivity contribution is 6.03. The maximum absolute atomic E-state index is 13.2.